The molecule has 0 bridgehead atoms. The number of halogens is 1. The van der Waals surface area contributed by atoms with Crippen molar-refractivity contribution in [2.45, 2.75) is 121 Å². The summed E-state index contributed by atoms with van der Waals surface area (Å²) in [5, 5.41) is 15.2. The molecule has 0 saturated carbocycles. The zero-order chi connectivity index (χ0) is 36.6. The first-order valence-corrected chi connectivity index (χ1v) is 21.7. The van der Waals surface area contributed by atoms with E-state index in [4.69, 9.17) is 19.4 Å². The van der Waals surface area contributed by atoms with Crippen molar-refractivity contribution >= 4 is 24.7 Å². The van der Waals surface area contributed by atoms with Crippen LogP contribution in [0.3, 0.4) is 0 Å². The van der Waals surface area contributed by atoms with Gasteiger partial charge in [-0.05, 0) is 53.0 Å². The fourth-order valence-electron chi connectivity index (χ4n) is 10.0. The molecule has 0 aliphatic carbocycles. The molecule has 7 rings (SSSR count). The molecule has 4 aliphatic heterocycles. The van der Waals surface area contributed by atoms with Gasteiger partial charge in [-0.1, -0.05) is 77.8 Å². The van der Waals surface area contributed by atoms with E-state index in [0.717, 1.165) is 71.5 Å². The maximum absolute atomic E-state index is 14.6. The Labute approximate surface area is 310 Å². The lowest BCUT2D eigenvalue weighted by Gasteiger charge is -2.38. The van der Waals surface area contributed by atoms with E-state index in [-0.39, 0.29) is 17.7 Å². The second-order valence-electron chi connectivity index (χ2n) is 16.5. The second kappa shape index (κ2) is 15.1. The van der Waals surface area contributed by atoms with Gasteiger partial charge in [0.25, 0.3) is 0 Å². The fourth-order valence-corrected chi connectivity index (χ4v) is 15.2. The highest BCUT2D eigenvalue weighted by atomic mass is 28.3. The predicted molar refractivity (Wildman–Crippen MR) is 208 cm³/mol. The molecule has 0 spiro atoms. The molecule has 2 aromatic carbocycles. The topological polar surface area (TPSA) is 86.5 Å². The standard InChI is InChI=1S/C42H55FN6O2Si/c1-28(2)52(29(3)4,30(5)6)21-15-32-11-7-10-31-12-8-13-35(39(31)32)38-22-37-36(26-50-38)40(48-20-18-45-34(25-48)14-17-44)47-41(46-37)51-27-42-16-9-19-49(42)24-33(43)23-42/h7-8,10-13,28-30,33-34,38,45H,9,14,16,18-20,22-27H2,1-6H3/t33-,34+,38?,42+/m1/s1. The maximum atomic E-state index is 14.6. The molecular formula is C42H55FN6O2Si. The first-order valence-electron chi connectivity index (χ1n) is 19.5. The second-order valence-corrected chi connectivity index (χ2v) is 22.1. The number of ether oxygens (including phenoxy) is 2. The number of fused-ring (bicyclic) bond motifs is 3. The lowest BCUT2D eigenvalue weighted by Crippen LogP contribution is -2.51. The first-order chi connectivity index (χ1) is 25.0. The molecule has 1 N–H and O–H groups in total. The number of benzene rings is 2. The number of alkyl halides is 1. The van der Waals surface area contributed by atoms with Crippen molar-refractivity contribution in [3.63, 3.8) is 0 Å². The third kappa shape index (κ3) is 6.84. The van der Waals surface area contributed by atoms with Gasteiger partial charge in [-0.25, -0.2) is 4.39 Å². The number of hydrogen-bond donors (Lipinski definition) is 1. The summed E-state index contributed by atoms with van der Waals surface area (Å²) >= 11 is 0. The lowest BCUT2D eigenvalue weighted by molar-refractivity contribution is 0.0263. The summed E-state index contributed by atoms with van der Waals surface area (Å²) < 4.78 is 27.9. The Balaban J connectivity index is 1.25. The lowest BCUT2D eigenvalue weighted by atomic mass is 9.92. The Hall–Kier alpha value is -3.54. The molecule has 3 aromatic rings. The van der Waals surface area contributed by atoms with Crippen LogP contribution in [-0.2, 0) is 17.8 Å². The molecule has 4 atom stereocenters. The number of piperazine rings is 1. The summed E-state index contributed by atoms with van der Waals surface area (Å²) in [6.45, 7) is 18.5. The smallest absolute Gasteiger partial charge is 0.318 e. The number of hydrogen-bond acceptors (Lipinski definition) is 8. The highest BCUT2D eigenvalue weighted by molar-refractivity contribution is 6.90. The number of nitriles is 1. The Morgan fingerprint density at radius 1 is 1.06 bits per heavy atom. The van der Waals surface area contributed by atoms with Crippen LogP contribution in [0.25, 0.3) is 10.8 Å². The van der Waals surface area contributed by atoms with Gasteiger partial charge in [0.1, 0.15) is 26.7 Å². The highest BCUT2D eigenvalue weighted by Crippen LogP contribution is 2.43. The van der Waals surface area contributed by atoms with Crippen LogP contribution in [0, 0.1) is 22.8 Å². The zero-order valence-electron chi connectivity index (χ0n) is 31.8. The summed E-state index contributed by atoms with van der Waals surface area (Å²) in [6, 6.07) is 15.6. The Kier molecular flexibility index (Phi) is 10.7. The Bertz CT molecular complexity index is 1860. The van der Waals surface area contributed by atoms with Crippen LogP contribution in [-0.4, -0.2) is 80.0 Å². The van der Waals surface area contributed by atoms with Crippen LogP contribution < -0.4 is 15.0 Å². The number of anilines is 1. The molecular weight excluding hydrogens is 668 g/mol. The molecule has 276 valence electrons. The van der Waals surface area contributed by atoms with E-state index in [1.165, 1.54) is 0 Å². The minimum absolute atomic E-state index is 0.0519. The third-order valence-corrected chi connectivity index (χ3v) is 18.8. The van der Waals surface area contributed by atoms with Gasteiger partial charge in [0.2, 0.25) is 0 Å². The van der Waals surface area contributed by atoms with Crippen LogP contribution in [0.15, 0.2) is 36.4 Å². The SMILES string of the molecule is CC(C)[Si](C#Cc1cccc2cccc(C3Cc4nc(OC[C@@]56CCCN5C[C@H](F)C6)nc(N5CCN[C@@H](CC#N)C5)c4CO3)c12)(C(C)C)C(C)C. The van der Waals surface area contributed by atoms with E-state index < -0.39 is 14.2 Å². The first kappa shape index (κ1) is 36.8. The van der Waals surface area contributed by atoms with Crippen LogP contribution >= 0.6 is 0 Å². The molecule has 3 fully saturated rings. The van der Waals surface area contributed by atoms with E-state index in [1.54, 1.807) is 0 Å². The Morgan fingerprint density at radius 3 is 2.58 bits per heavy atom. The van der Waals surface area contributed by atoms with Crippen molar-refractivity contribution in [1.29, 1.82) is 5.26 Å². The van der Waals surface area contributed by atoms with Crippen molar-refractivity contribution in [2.24, 2.45) is 0 Å². The molecule has 0 radical (unpaired) electrons. The van der Waals surface area contributed by atoms with Crippen LogP contribution in [0.2, 0.25) is 16.6 Å². The summed E-state index contributed by atoms with van der Waals surface area (Å²) in [6.07, 6.45) is 2.43. The highest BCUT2D eigenvalue weighted by Gasteiger charge is 2.49. The van der Waals surface area contributed by atoms with Gasteiger partial charge in [-0.2, -0.15) is 15.2 Å². The van der Waals surface area contributed by atoms with Gasteiger partial charge in [0, 0.05) is 61.6 Å². The molecule has 1 aromatic heterocycles. The molecule has 52 heavy (non-hydrogen) atoms. The fraction of sp³-hybridized carbons (Fsp3) is 0.595. The summed E-state index contributed by atoms with van der Waals surface area (Å²) in [5.41, 5.74) is 9.40. The summed E-state index contributed by atoms with van der Waals surface area (Å²) in [4.78, 5) is 14.6. The zero-order valence-corrected chi connectivity index (χ0v) is 32.8. The van der Waals surface area contributed by atoms with Crippen molar-refractivity contribution < 1.29 is 13.9 Å². The molecule has 3 saturated heterocycles. The van der Waals surface area contributed by atoms with Crippen LogP contribution in [0.4, 0.5) is 10.2 Å². The molecule has 8 nitrogen and oxygen atoms in total. The van der Waals surface area contributed by atoms with E-state index in [0.29, 0.717) is 68.2 Å². The molecule has 5 heterocycles. The molecule has 4 aliphatic rings. The number of nitrogens with zero attached hydrogens (tertiary/aromatic N) is 5. The molecule has 0 amide bonds. The van der Waals surface area contributed by atoms with E-state index in [1.807, 2.05) is 0 Å². The Morgan fingerprint density at radius 2 is 1.83 bits per heavy atom. The van der Waals surface area contributed by atoms with Crippen LogP contribution in [0.1, 0.15) is 95.7 Å². The normalized spacial score (nSPS) is 24.9. The maximum Gasteiger partial charge on any atom is 0.318 e. The van der Waals surface area contributed by atoms with Gasteiger partial charge in [-0.15, -0.1) is 5.54 Å². The average molecular weight is 723 g/mol. The summed E-state index contributed by atoms with van der Waals surface area (Å²) in [7, 11) is -1.95. The molecule has 1 unspecified atom stereocenters. The number of aromatic nitrogens is 2. The van der Waals surface area contributed by atoms with E-state index >= 15 is 0 Å². The third-order valence-electron chi connectivity index (χ3n) is 12.5. The van der Waals surface area contributed by atoms with Gasteiger partial charge in [0.05, 0.1) is 36.4 Å². The number of rotatable bonds is 9. The van der Waals surface area contributed by atoms with E-state index in [2.05, 4.69) is 111 Å². The minimum Gasteiger partial charge on any atom is -0.461 e. The van der Waals surface area contributed by atoms with Crippen molar-refractivity contribution in [3.8, 4) is 23.5 Å². The van der Waals surface area contributed by atoms with Gasteiger partial charge < -0.3 is 19.7 Å². The van der Waals surface area contributed by atoms with Gasteiger partial charge in [-0.3, -0.25) is 4.90 Å². The molecule has 10 heteroatoms. The quantitative estimate of drug-likeness (QED) is 0.178. The van der Waals surface area contributed by atoms with Crippen LogP contribution in [0.5, 0.6) is 6.01 Å². The largest absolute Gasteiger partial charge is 0.461 e. The van der Waals surface area contributed by atoms with Gasteiger partial charge in [0.15, 0.2) is 0 Å². The van der Waals surface area contributed by atoms with Crippen molar-refractivity contribution in [1.82, 2.24) is 20.2 Å². The number of nitrogens with one attached hydrogen (secondary N) is 1. The summed E-state index contributed by atoms with van der Waals surface area (Å²) in [5.74, 6) is 4.58. The van der Waals surface area contributed by atoms with Crippen molar-refractivity contribution in [2.75, 3.05) is 44.2 Å². The van der Waals surface area contributed by atoms with E-state index in [9.17, 15) is 9.65 Å². The average Bonchev–Trinajstić information content (AvgIpc) is 3.65. The minimum atomic E-state index is -1.95. The van der Waals surface area contributed by atoms with Gasteiger partial charge >= 0.3 is 6.01 Å². The monoisotopic (exact) mass is 722 g/mol. The predicted octanol–water partition coefficient (Wildman–Crippen LogP) is 7.66. The van der Waals surface area contributed by atoms with Crippen molar-refractivity contribution in [3.05, 3.63) is 58.8 Å².